The molecule has 246 valence electrons. The number of hydrogen-bond acceptors (Lipinski definition) is 12. The zero-order valence-corrected chi connectivity index (χ0v) is 28.2. The lowest BCUT2D eigenvalue weighted by molar-refractivity contribution is 0.0950. The van der Waals surface area contributed by atoms with E-state index in [1.54, 1.807) is 27.7 Å². The molecule has 2 aromatic carbocycles. The molecule has 0 amide bonds. The predicted molar refractivity (Wildman–Crippen MR) is 177 cm³/mol. The van der Waals surface area contributed by atoms with Crippen molar-refractivity contribution in [3.63, 3.8) is 0 Å². The first-order valence-corrected chi connectivity index (χ1v) is 17.2. The zero-order chi connectivity index (χ0) is 34.4. The number of fused-ring (bicyclic) bond motifs is 2. The Morgan fingerprint density at radius 2 is 0.848 bits per heavy atom. The second kappa shape index (κ2) is 13.6. The third-order valence-electron chi connectivity index (χ3n) is 8.34. The molecular weight excluding hydrogens is 632 g/mol. The highest BCUT2D eigenvalue weighted by molar-refractivity contribution is 7.98. The highest BCUT2D eigenvalue weighted by Crippen LogP contribution is 2.51. The van der Waals surface area contributed by atoms with Gasteiger partial charge in [-0.1, -0.05) is 27.7 Å². The minimum absolute atomic E-state index is 0.0299. The fourth-order valence-corrected chi connectivity index (χ4v) is 7.75. The van der Waals surface area contributed by atoms with Crippen LogP contribution in [-0.2, 0) is 11.5 Å². The van der Waals surface area contributed by atoms with Crippen LogP contribution in [-0.4, -0.2) is 78.5 Å². The van der Waals surface area contributed by atoms with E-state index < -0.39 is 58.0 Å². The molecular formula is C34H38O10S2. The van der Waals surface area contributed by atoms with Crippen molar-refractivity contribution in [2.75, 3.05) is 24.7 Å². The third kappa shape index (κ3) is 5.55. The number of benzene rings is 2. The number of hydrogen-bond donors (Lipinski definition) is 6. The number of aliphatic hydroxyl groups excluding tert-OH is 2. The molecule has 0 radical (unpaired) electrons. The Morgan fingerprint density at radius 3 is 1.13 bits per heavy atom. The van der Waals surface area contributed by atoms with Crippen LogP contribution in [0, 0.1) is 0 Å². The van der Waals surface area contributed by atoms with E-state index in [0.29, 0.717) is 0 Å². The molecule has 10 nitrogen and oxygen atoms in total. The number of allylic oxidation sites excluding steroid dienone is 4. The van der Waals surface area contributed by atoms with Gasteiger partial charge in [0, 0.05) is 89.8 Å². The summed E-state index contributed by atoms with van der Waals surface area (Å²) in [6.07, 6.45) is 0. The molecule has 2 aromatic rings. The van der Waals surface area contributed by atoms with Gasteiger partial charge in [0.05, 0.1) is 13.2 Å². The van der Waals surface area contributed by atoms with E-state index in [0.717, 1.165) is 23.5 Å². The second-order valence-corrected chi connectivity index (χ2v) is 14.1. The van der Waals surface area contributed by atoms with Crippen LogP contribution in [0.3, 0.4) is 0 Å². The van der Waals surface area contributed by atoms with Crippen molar-refractivity contribution < 1.29 is 49.8 Å². The van der Waals surface area contributed by atoms with Crippen molar-refractivity contribution in [1.82, 2.24) is 0 Å². The second-order valence-electron chi connectivity index (χ2n) is 11.9. The molecule has 0 bridgehead atoms. The first-order chi connectivity index (χ1) is 21.6. The van der Waals surface area contributed by atoms with Gasteiger partial charge in [-0.2, -0.15) is 23.5 Å². The van der Waals surface area contributed by atoms with Gasteiger partial charge in [0.25, 0.3) is 0 Å². The van der Waals surface area contributed by atoms with Crippen LogP contribution in [0.25, 0.3) is 0 Å². The average Bonchev–Trinajstić information content (AvgIpc) is 2.99. The number of carbonyl (C=O) groups excluding carboxylic acids is 4. The average molecular weight is 671 g/mol. The Kier molecular flexibility index (Phi) is 10.5. The van der Waals surface area contributed by atoms with Crippen molar-refractivity contribution >= 4 is 46.7 Å². The summed E-state index contributed by atoms with van der Waals surface area (Å²) < 4.78 is 0. The van der Waals surface area contributed by atoms with Crippen molar-refractivity contribution in [2.45, 2.75) is 64.9 Å². The lowest BCUT2D eigenvalue weighted by Crippen LogP contribution is -2.32. The molecule has 4 rings (SSSR count). The fourth-order valence-electron chi connectivity index (χ4n) is 6.24. The Hall–Kier alpha value is -3.58. The molecule has 0 heterocycles. The van der Waals surface area contributed by atoms with E-state index in [-0.39, 0.29) is 103 Å². The van der Waals surface area contributed by atoms with Gasteiger partial charge in [-0.25, -0.2) is 0 Å². The smallest absolute Gasteiger partial charge is 0.195 e. The van der Waals surface area contributed by atoms with E-state index in [4.69, 9.17) is 0 Å². The van der Waals surface area contributed by atoms with Gasteiger partial charge in [0.1, 0.15) is 0 Å². The van der Waals surface area contributed by atoms with Gasteiger partial charge < -0.3 is 30.6 Å². The van der Waals surface area contributed by atoms with Gasteiger partial charge in [0.15, 0.2) is 46.1 Å². The lowest BCUT2D eigenvalue weighted by Gasteiger charge is -2.31. The molecule has 0 atom stereocenters. The standard InChI is InChI=1S/C34H38O10S2/c1-13(2)19-25-23(17(11-45-9-7-35)29(39)33(19)43)31(41)21(15(5)27(25)37)22-16(6)28(38)26-20(14(3)4)34(44)30(40)18(12-46-10-8-36)24(26)32(22)42/h13-14,35-36,39-40,43-44H,7-12H2,1-6H3. The van der Waals surface area contributed by atoms with Crippen molar-refractivity contribution in [3.05, 3.63) is 66.8 Å². The molecule has 46 heavy (non-hydrogen) atoms. The molecule has 2 aliphatic rings. The quantitative estimate of drug-likeness (QED) is 0.134. The van der Waals surface area contributed by atoms with E-state index in [1.807, 2.05) is 0 Å². The predicted octanol–water partition coefficient (Wildman–Crippen LogP) is 5.30. The maximum Gasteiger partial charge on any atom is 0.195 e. The molecule has 0 spiro atoms. The summed E-state index contributed by atoms with van der Waals surface area (Å²) in [6, 6.07) is 0. The van der Waals surface area contributed by atoms with Gasteiger partial charge in [0.2, 0.25) is 0 Å². The Balaban J connectivity index is 2.06. The minimum atomic E-state index is -0.786. The van der Waals surface area contributed by atoms with E-state index in [2.05, 4.69) is 0 Å². The van der Waals surface area contributed by atoms with Crippen molar-refractivity contribution in [3.8, 4) is 23.0 Å². The molecule has 0 aliphatic heterocycles. The fraction of sp³-hybridized carbons (Fsp3) is 0.412. The summed E-state index contributed by atoms with van der Waals surface area (Å²) >= 11 is 2.33. The summed E-state index contributed by atoms with van der Waals surface area (Å²) in [5, 5.41) is 62.8. The molecule has 6 N–H and O–H groups in total. The number of phenols is 4. The SMILES string of the molecule is CC1=C(C2=C(C)C(=O)c3c(c(CSCCO)c(O)c(O)c3C(C)C)C2=O)C(=O)c2c(CSCCO)c(O)c(O)c(C(C)C)c2C1=O. The van der Waals surface area contributed by atoms with Gasteiger partial charge in [-0.15, -0.1) is 0 Å². The molecule has 0 unspecified atom stereocenters. The van der Waals surface area contributed by atoms with Gasteiger partial charge in [-0.3, -0.25) is 19.2 Å². The van der Waals surface area contributed by atoms with Crippen LogP contribution in [0.1, 0.15) is 117 Å². The lowest BCUT2D eigenvalue weighted by atomic mass is 9.70. The number of phenolic OH excluding ortho intramolecular Hbond substituents is 4. The van der Waals surface area contributed by atoms with Crippen LogP contribution in [0.2, 0.25) is 0 Å². The number of carbonyl (C=O) groups is 4. The normalized spacial score (nSPS) is 15.1. The highest BCUT2D eigenvalue weighted by Gasteiger charge is 2.45. The summed E-state index contributed by atoms with van der Waals surface area (Å²) in [5.41, 5.74) is -1.34. The van der Waals surface area contributed by atoms with Crippen LogP contribution in [0.5, 0.6) is 23.0 Å². The summed E-state index contributed by atoms with van der Waals surface area (Å²) in [5.74, 6) is -5.68. The van der Waals surface area contributed by atoms with Crippen molar-refractivity contribution in [1.29, 1.82) is 0 Å². The van der Waals surface area contributed by atoms with E-state index in [9.17, 15) is 49.8 Å². The highest BCUT2D eigenvalue weighted by atomic mass is 32.2. The Labute approximate surface area is 275 Å². The van der Waals surface area contributed by atoms with Crippen LogP contribution in [0.4, 0.5) is 0 Å². The Morgan fingerprint density at radius 1 is 0.522 bits per heavy atom. The summed E-state index contributed by atoms with van der Waals surface area (Å²) in [4.78, 5) is 57.5. The number of rotatable bonds is 11. The summed E-state index contributed by atoms with van der Waals surface area (Å²) in [6.45, 7) is 9.12. The van der Waals surface area contributed by atoms with Crippen LogP contribution in [0.15, 0.2) is 22.3 Å². The largest absolute Gasteiger partial charge is 0.504 e. The molecule has 0 saturated heterocycles. The minimum Gasteiger partial charge on any atom is -0.504 e. The number of aromatic hydroxyl groups is 4. The maximum absolute atomic E-state index is 14.6. The monoisotopic (exact) mass is 670 g/mol. The van der Waals surface area contributed by atoms with E-state index in [1.165, 1.54) is 13.8 Å². The van der Waals surface area contributed by atoms with Crippen LogP contribution < -0.4 is 0 Å². The first-order valence-electron chi connectivity index (χ1n) is 14.8. The van der Waals surface area contributed by atoms with Gasteiger partial charge >= 0.3 is 0 Å². The van der Waals surface area contributed by atoms with E-state index >= 15 is 0 Å². The van der Waals surface area contributed by atoms with Crippen LogP contribution >= 0.6 is 23.5 Å². The molecule has 0 saturated carbocycles. The number of aliphatic hydroxyl groups is 2. The Bertz CT molecular complexity index is 1620. The topological polar surface area (TPSA) is 190 Å². The molecule has 12 heteroatoms. The molecule has 2 aliphatic carbocycles. The molecule has 0 fully saturated rings. The zero-order valence-electron chi connectivity index (χ0n) is 26.5. The number of Topliss-reactive ketones (excluding diaryl/α,β-unsaturated/α-hetero) is 4. The number of ketones is 4. The first kappa shape index (κ1) is 35.3. The van der Waals surface area contributed by atoms with Crippen molar-refractivity contribution in [2.24, 2.45) is 0 Å². The van der Waals surface area contributed by atoms with Gasteiger partial charge in [-0.05, 0) is 25.7 Å². The number of thioether (sulfide) groups is 2. The summed E-state index contributed by atoms with van der Waals surface area (Å²) in [7, 11) is 0. The third-order valence-corrected chi connectivity index (χ3v) is 10.3. The maximum atomic E-state index is 14.6. The molecule has 0 aromatic heterocycles.